The minimum Gasteiger partial charge on any atom is -0.496 e. The number of ether oxygens (including phenoxy) is 4. The molecule has 39 heavy (non-hydrogen) atoms. The Morgan fingerprint density at radius 2 is 2.05 bits per heavy atom. The second kappa shape index (κ2) is 11.4. The van der Waals surface area contributed by atoms with E-state index < -0.39 is 24.6 Å². The quantitative estimate of drug-likeness (QED) is 0.374. The van der Waals surface area contributed by atoms with Gasteiger partial charge in [-0.05, 0) is 31.0 Å². The van der Waals surface area contributed by atoms with E-state index in [1.54, 1.807) is 35.0 Å². The monoisotopic (exact) mass is 546 g/mol. The van der Waals surface area contributed by atoms with Crippen LogP contribution in [0.15, 0.2) is 36.7 Å². The summed E-state index contributed by atoms with van der Waals surface area (Å²) in [4.78, 5) is 30.3. The molecule has 3 aromatic rings. The number of amides is 1. The van der Waals surface area contributed by atoms with Crippen LogP contribution in [0.4, 0.5) is 8.78 Å². The molecule has 1 aromatic carbocycles. The lowest BCUT2D eigenvalue weighted by atomic mass is 10.1. The van der Waals surface area contributed by atoms with Gasteiger partial charge in [-0.2, -0.15) is 8.78 Å². The van der Waals surface area contributed by atoms with E-state index in [9.17, 15) is 18.4 Å². The minimum atomic E-state index is -3.13. The lowest BCUT2D eigenvalue weighted by Crippen LogP contribution is -2.47. The van der Waals surface area contributed by atoms with E-state index in [-0.39, 0.29) is 23.1 Å². The van der Waals surface area contributed by atoms with Gasteiger partial charge in [-0.1, -0.05) is 0 Å². The first-order valence-corrected chi connectivity index (χ1v) is 12.5. The van der Waals surface area contributed by atoms with Crippen LogP contribution in [0.1, 0.15) is 23.2 Å². The van der Waals surface area contributed by atoms with Crippen LogP contribution in [-0.2, 0) is 9.53 Å². The number of imidazole rings is 1. The van der Waals surface area contributed by atoms with Gasteiger partial charge in [0.1, 0.15) is 35.1 Å². The third-order valence-electron chi connectivity index (χ3n) is 6.52. The zero-order valence-corrected chi connectivity index (χ0v) is 21.1. The number of nitrogens with one attached hydrogen (secondary N) is 1. The summed E-state index contributed by atoms with van der Waals surface area (Å²) in [6.07, 6.45) is 4.14. The first-order chi connectivity index (χ1) is 18.8. The lowest BCUT2D eigenvalue weighted by molar-refractivity contribution is -0.156. The molecular formula is C26H28F2N4O7. The zero-order chi connectivity index (χ0) is 27.5. The fraction of sp³-hybridized carbons (Fsp3) is 0.423. The van der Waals surface area contributed by atoms with Crippen molar-refractivity contribution in [2.75, 3.05) is 40.0 Å². The van der Waals surface area contributed by atoms with Gasteiger partial charge < -0.3 is 29.4 Å². The molecule has 2 aliphatic rings. The van der Waals surface area contributed by atoms with Gasteiger partial charge in [-0.3, -0.25) is 14.1 Å². The van der Waals surface area contributed by atoms with E-state index in [1.807, 2.05) is 4.90 Å². The number of methoxy groups -OCH3 is 1. The summed E-state index contributed by atoms with van der Waals surface area (Å²) in [5, 5.41) is 11.9. The van der Waals surface area contributed by atoms with Crippen LogP contribution in [0.3, 0.4) is 0 Å². The van der Waals surface area contributed by atoms with Crippen molar-refractivity contribution in [2.45, 2.75) is 31.6 Å². The number of carboxylic acid groups (broad SMARTS) is 1. The normalized spacial score (nSPS) is 17.8. The number of nitrogens with zero attached hydrogens (tertiary/aromatic N) is 3. The Morgan fingerprint density at radius 1 is 1.26 bits per heavy atom. The van der Waals surface area contributed by atoms with Crippen molar-refractivity contribution < 1.29 is 42.4 Å². The number of alkyl halides is 2. The number of pyridine rings is 1. The largest absolute Gasteiger partial charge is 0.496 e. The molecule has 1 aliphatic carbocycles. The van der Waals surface area contributed by atoms with Gasteiger partial charge in [0, 0.05) is 43.5 Å². The molecule has 1 atom stereocenters. The first-order valence-electron chi connectivity index (χ1n) is 12.5. The van der Waals surface area contributed by atoms with Crippen LogP contribution in [0.2, 0.25) is 0 Å². The van der Waals surface area contributed by atoms with Crippen molar-refractivity contribution in [2.24, 2.45) is 0 Å². The topological polar surface area (TPSA) is 124 Å². The molecule has 1 amide bonds. The average molecular weight is 547 g/mol. The molecule has 1 aliphatic heterocycles. The predicted molar refractivity (Wildman–Crippen MR) is 134 cm³/mol. The first kappa shape index (κ1) is 26.6. The smallest absolute Gasteiger partial charge is 0.387 e. The van der Waals surface area contributed by atoms with Crippen LogP contribution >= 0.6 is 0 Å². The number of fused-ring (bicyclic) bond motifs is 1. The molecule has 1 saturated heterocycles. The molecule has 3 heterocycles. The molecule has 2 aromatic heterocycles. The summed E-state index contributed by atoms with van der Waals surface area (Å²) in [5.74, 6) is -1.14. The molecule has 0 bridgehead atoms. The molecule has 13 heteroatoms. The number of carboxylic acids is 1. The number of aliphatic carboxylic acids is 1. The van der Waals surface area contributed by atoms with Crippen molar-refractivity contribution in [3.05, 3.63) is 42.2 Å². The number of hydrogen-bond acceptors (Lipinski definition) is 8. The molecule has 208 valence electrons. The third kappa shape index (κ3) is 6.20. The van der Waals surface area contributed by atoms with Gasteiger partial charge in [-0.15, -0.1) is 0 Å². The van der Waals surface area contributed by atoms with Crippen LogP contribution in [0, 0.1) is 0 Å². The van der Waals surface area contributed by atoms with E-state index >= 15 is 0 Å². The highest BCUT2D eigenvalue weighted by atomic mass is 19.3. The van der Waals surface area contributed by atoms with E-state index in [2.05, 4.69) is 10.3 Å². The minimum absolute atomic E-state index is 0.0204. The van der Waals surface area contributed by atoms with Gasteiger partial charge in [0.15, 0.2) is 6.10 Å². The van der Waals surface area contributed by atoms with E-state index in [4.69, 9.17) is 24.1 Å². The molecule has 5 rings (SSSR count). The number of carbonyl (C=O) groups excluding carboxylic acids is 1. The number of carbonyl (C=O) groups is 2. The van der Waals surface area contributed by atoms with Crippen LogP contribution in [-0.4, -0.2) is 90.0 Å². The fourth-order valence-corrected chi connectivity index (χ4v) is 4.41. The Hall–Kier alpha value is -3.97. The van der Waals surface area contributed by atoms with Gasteiger partial charge in [0.05, 0.1) is 25.6 Å². The highest BCUT2D eigenvalue weighted by Crippen LogP contribution is 2.37. The summed E-state index contributed by atoms with van der Waals surface area (Å²) in [5.41, 5.74) is 1.49. The van der Waals surface area contributed by atoms with Gasteiger partial charge in [0.2, 0.25) is 0 Å². The summed E-state index contributed by atoms with van der Waals surface area (Å²) < 4.78 is 49.5. The Bertz CT molecular complexity index is 1360. The number of hydrogen-bond donors (Lipinski definition) is 2. The molecule has 11 nitrogen and oxygen atoms in total. The molecule has 0 unspecified atom stereocenters. The summed E-state index contributed by atoms with van der Waals surface area (Å²) >= 11 is 0. The number of morpholine rings is 1. The maximum absolute atomic E-state index is 13.3. The highest BCUT2D eigenvalue weighted by molar-refractivity contribution is 6.01. The van der Waals surface area contributed by atoms with Crippen LogP contribution < -0.4 is 19.5 Å². The SMILES string of the molecule is COc1cc(-c2cnc3cc(OCCN4CCO[C@H](C(=O)O)C4)ccn23)cc(OC(F)F)c1C(=O)NC1CC1. The fourth-order valence-electron chi connectivity index (χ4n) is 4.41. The Labute approximate surface area is 222 Å². The third-order valence-corrected chi connectivity index (χ3v) is 6.52. The second-order valence-electron chi connectivity index (χ2n) is 9.26. The zero-order valence-electron chi connectivity index (χ0n) is 21.1. The van der Waals surface area contributed by atoms with Crippen molar-refractivity contribution in [3.8, 4) is 28.5 Å². The molecule has 0 radical (unpaired) electrons. The number of rotatable bonds is 11. The van der Waals surface area contributed by atoms with Gasteiger partial charge in [0.25, 0.3) is 5.91 Å². The average Bonchev–Trinajstić information content (AvgIpc) is 3.63. The van der Waals surface area contributed by atoms with Gasteiger partial charge in [-0.25, -0.2) is 9.78 Å². The van der Waals surface area contributed by atoms with Crippen molar-refractivity contribution in [1.29, 1.82) is 0 Å². The summed E-state index contributed by atoms with van der Waals surface area (Å²) in [6.45, 7) is -0.995. The second-order valence-corrected chi connectivity index (χ2v) is 9.26. The number of aromatic nitrogens is 2. The molecule has 0 spiro atoms. The predicted octanol–water partition coefficient (Wildman–Crippen LogP) is 2.67. The number of benzene rings is 1. The maximum Gasteiger partial charge on any atom is 0.387 e. The summed E-state index contributed by atoms with van der Waals surface area (Å²) in [7, 11) is 1.36. The van der Waals surface area contributed by atoms with Crippen molar-refractivity contribution >= 4 is 17.5 Å². The van der Waals surface area contributed by atoms with Gasteiger partial charge >= 0.3 is 12.6 Å². The van der Waals surface area contributed by atoms with Crippen molar-refractivity contribution in [3.63, 3.8) is 0 Å². The van der Waals surface area contributed by atoms with E-state index in [1.165, 1.54) is 13.2 Å². The lowest BCUT2D eigenvalue weighted by Gasteiger charge is -2.30. The Kier molecular flexibility index (Phi) is 7.79. The van der Waals surface area contributed by atoms with E-state index in [0.717, 1.165) is 12.8 Å². The van der Waals surface area contributed by atoms with Crippen LogP contribution in [0.25, 0.3) is 16.9 Å². The summed E-state index contributed by atoms with van der Waals surface area (Å²) in [6, 6.07) is 6.45. The number of halogens is 2. The Balaban J connectivity index is 1.34. The molecule has 2 fully saturated rings. The maximum atomic E-state index is 13.3. The molecule has 2 N–H and O–H groups in total. The van der Waals surface area contributed by atoms with E-state index in [0.29, 0.717) is 55.5 Å². The molecular weight excluding hydrogens is 518 g/mol. The standard InChI is InChI=1S/C26H28F2N4O7/c1-36-19-10-15(11-20(39-26(27)28)23(19)24(33)30-16-2-3-16)18-13-29-22-12-17(4-5-32(18)22)37-8-6-31-7-9-38-21(14-31)25(34)35/h4-5,10-13,16,21,26H,2-3,6-9,14H2,1H3,(H,30,33)(H,34,35)/t21-/m0/s1. The van der Waals surface area contributed by atoms with Crippen molar-refractivity contribution in [1.82, 2.24) is 19.6 Å². The van der Waals surface area contributed by atoms with Crippen LogP contribution in [0.5, 0.6) is 17.2 Å². The Morgan fingerprint density at radius 3 is 2.77 bits per heavy atom. The highest BCUT2D eigenvalue weighted by Gasteiger charge is 2.29. The molecule has 1 saturated carbocycles.